The van der Waals surface area contributed by atoms with Crippen molar-refractivity contribution in [2.45, 2.75) is 39.5 Å². The van der Waals surface area contributed by atoms with Crippen molar-refractivity contribution < 1.29 is 9.59 Å². The number of carbonyl (C=O) groups is 2. The summed E-state index contributed by atoms with van der Waals surface area (Å²) >= 11 is 0. The molecule has 4 heteroatoms. The minimum Gasteiger partial charge on any atom is -0.352 e. The molecule has 0 bridgehead atoms. The molecule has 0 fully saturated rings. The average molecular weight is 262 g/mol. The molecule has 104 valence electrons. The number of amides is 2. The SMILES string of the molecule is CCCCC(=O)Nc1ccc(C(=O)NCCC)cc1. The molecule has 0 unspecified atom stereocenters. The number of rotatable bonds is 7. The molecule has 0 radical (unpaired) electrons. The molecule has 2 N–H and O–H groups in total. The van der Waals surface area contributed by atoms with Crippen LogP contribution in [0.3, 0.4) is 0 Å². The molecule has 0 aliphatic rings. The Hall–Kier alpha value is -1.84. The molecule has 0 heterocycles. The smallest absolute Gasteiger partial charge is 0.251 e. The summed E-state index contributed by atoms with van der Waals surface area (Å²) < 4.78 is 0. The second kappa shape index (κ2) is 8.29. The van der Waals surface area contributed by atoms with E-state index in [2.05, 4.69) is 17.6 Å². The fraction of sp³-hybridized carbons (Fsp3) is 0.467. The van der Waals surface area contributed by atoms with Gasteiger partial charge in [-0.25, -0.2) is 0 Å². The maximum atomic E-state index is 11.7. The van der Waals surface area contributed by atoms with Gasteiger partial charge in [-0.3, -0.25) is 9.59 Å². The summed E-state index contributed by atoms with van der Waals surface area (Å²) in [7, 11) is 0. The van der Waals surface area contributed by atoms with Crippen molar-refractivity contribution in [3.8, 4) is 0 Å². The van der Waals surface area contributed by atoms with Crippen LogP contribution in [0.1, 0.15) is 49.9 Å². The monoisotopic (exact) mass is 262 g/mol. The van der Waals surface area contributed by atoms with Gasteiger partial charge < -0.3 is 10.6 Å². The van der Waals surface area contributed by atoms with Crippen molar-refractivity contribution >= 4 is 17.5 Å². The number of carbonyl (C=O) groups excluding carboxylic acids is 2. The van der Waals surface area contributed by atoms with E-state index in [9.17, 15) is 9.59 Å². The van der Waals surface area contributed by atoms with Crippen LogP contribution >= 0.6 is 0 Å². The van der Waals surface area contributed by atoms with E-state index < -0.39 is 0 Å². The summed E-state index contributed by atoms with van der Waals surface area (Å²) in [5.41, 5.74) is 1.34. The zero-order chi connectivity index (χ0) is 14.1. The van der Waals surface area contributed by atoms with Crippen LogP contribution in [-0.4, -0.2) is 18.4 Å². The second-order valence-electron chi connectivity index (χ2n) is 4.48. The molecule has 19 heavy (non-hydrogen) atoms. The molecule has 0 atom stereocenters. The largest absolute Gasteiger partial charge is 0.352 e. The first-order chi connectivity index (χ1) is 9.17. The fourth-order valence-electron chi connectivity index (χ4n) is 1.61. The van der Waals surface area contributed by atoms with E-state index in [1.165, 1.54) is 0 Å². The molecule has 0 spiro atoms. The highest BCUT2D eigenvalue weighted by Gasteiger charge is 2.05. The maximum Gasteiger partial charge on any atom is 0.251 e. The lowest BCUT2D eigenvalue weighted by Crippen LogP contribution is -2.23. The van der Waals surface area contributed by atoms with E-state index in [0.29, 0.717) is 18.5 Å². The lowest BCUT2D eigenvalue weighted by Gasteiger charge is -2.06. The summed E-state index contributed by atoms with van der Waals surface area (Å²) in [5.74, 6) is -0.0595. The number of benzene rings is 1. The molecule has 2 amide bonds. The van der Waals surface area contributed by atoms with Gasteiger partial charge in [0.1, 0.15) is 0 Å². The van der Waals surface area contributed by atoms with Gasteiger partial charge in [0.15, 0.2) is 0 Å². The topological polar surface area (TPSA) is 58.2 Å². The Bertz CT molecular complexity index is 413. The van der Waals surface area contributed by atoms with Crippen LogP contribution in [0.15, 0.2) is 24.3 Å². The van der Waals surface area contributed by atoms with Crippen molar-refractivity contribution in [1.82, 2.24) is 5.32 Å². The van der Waals surface area contributed by atoms with E-state index in [1.54, 1.807) is 24.3 Å². The number of hydrogen-bond donors (Lipinski definition) is 2. The number of hydrogen-bond acceptors (Lipinski definition) is 2. The van der Waals surface area contributed by atoms with Gasteiger partial charge in [-0.15, -0.1) is 0 Å². The first-order valence-electron chi connectivity index (χ1n) is 6.85. The predicted octanol–water partition coefficient (Wildman–Crippen LogP) is 2.96. The van der Waals surface area contributed by atoms with E-state index in [1.807, 2.05) is 6.92 Å². The van der Waals surface area contributed by atoms with Gasteiger partial charge in [0.25, 0.3) is 5.91 Å². The Morgan fingerprint density at radius 3 is 2.32 bits per heavy atom. The van der Waals surface area contributed by atoms with Crippen LogP contribution in [0, 0.1) is 0 Å². The zero-order valence-electron chi connectivity index (χ0n) is 11.7. The Kier molecular flexibility index (Phi) is 6.64. The van der Waals surface area contributed by atoms with Gasteiger partial charge in [0.05, 0.1) is 0 Å². The second-order valence-corrected chi connectivity index (χ2v) is 4.48. The van der Waals surface area contributed by atoms with Crippen molar-refractivity contribution in [2.24, 2.45) is 0 Å². The Labute approximate surface area is 114 Å². The van der Waals surface area contributed by atoms with Crippen LogP contribution in [0.25, 0.3) is 0 Å². The minimum atomic E-state index is -0.0780. The third kappa shape index (κ3) is 5.55. The van der Waals surface area contributed by atoms with Crippen LogP contribution in [0.4, 0.5) is 5.69 Å². The van der Waals surface area contributed by atoms with E-state index in [0.717, 1.165) is 24.9 Å². The third-order valence-electron chi connectivity index (χ3n) is 2.72. The van der Waals surface area contributed by atoms with E-state index in [-0.39, 0.29) is 11.8 Å². The summed E-state index contributed by atoms with van der Waals surface area (Å²) in [5, 5.41) is 5.63. The van der Waals surface area contributed by atoms with Crippen LogP contribution < -0.4 is 10.6 Å². The van der Waals surface area contributed by atoms with Crippen molar-refractivity contribution in [3.05, 3.63) is 29.8 Å². The summed E-state index contributed by atoms with van der Waals surface area (Å²) in [6.45, 7) is 4.74. The highest BCUT2D eigenvalue weighted by Crippen LogP contribution is 2.10. The average Bonchev–Trinajstić information content (AvgIpc) is 2.43. The zero-order valence-corrected chi connectivity index (χ0v) is 11.7. The molecule has 0 aliphatic carbocycles. The Morgan fingerprint density at radius 2 is 1.74 bits per heavy atom. The maximum absolute atomic E-state index is 11.7. The number of anilines is 1. The molecule has 0 saturated carbocycles. The summed E-state index contributed by atoms with van der Waals surface area (Å²) in [4.78, 5) is 23.2. The predicted molar refractivity (Wildman–Crippen MR) is 77.2 cm³/mol. The molecular formula is C15H22N2O2. The van der Waals surface area contributed by atoms with Gasteiger partial charge in [-0.2, -0.15) is 0 Å². The molecule has 4 nitrogen and oxygen atoms in total. The highest BCUT2D eigenvalue weighted by molar-refractivity contribution is 5.95. The van der Waals surface area contributed by atoms with Gasteiger partial charge in [0.2, 0.25) is 5.91 Å². The van der Waals surface area contributed by atoms with Gasteiger partial charge in [0, 0.05) is 24.2 Å². The van der Waals surface area contributed by atoms with Crippen LogP contribution in [0.2, 0.25) is 0 Å². The third-order valence-corrected chi connectivity index (χ3v) is 2.72. The molecule has 0 saturated heterocycles. The Balaban J connectivity index is 2.51. The molecule has 1 rings (SSSR count). The Morgan fingerprint density at radius 1 is 1.05 bits per heavy atom. The fourth-order valence-corrected chi connectivity index (χ4v) is 1.61. The van der Waals surface area contributed by atoms with Crippen molar-refractivity contribution in [2.75, 3.05) is 11.9 Å². The lowest BCUT2D eigenvalue weighted by atomic mass is 10.2. The highest BCUT2D eigenvalue weighted by atomic mass is 16.2. The van der Waals surface area contributed by atoms with E-state index >= 15 is 0 Å². The van der Waals surface area contributed by atoms with E-state index in [4.69, 9.17) is 0 Å². The van der Waals surface area contributed by atoms with Crippen LogP contribution in [0.5, 0.6) is 0 Å². The molecule has 0 aromatic heterocycles. The number of nitrogens with one attached hydrogen (secondary N) is 2. The molecular weight excluding hydrogens is 240 g/mol. The summed E-state index contributed by atoms with van der Waals surface area (Å²) in [6, 6.07) is 6.95. The molecule has 1 aromatic carbocycles. The summed E-state index contributed by atoms with van der Waals surface area (Å²) in [6.07, 6.45) is 3.35. The quantitative estimate of drug-likeness (QED) is 0.793. The van der Waals surface area contributed by atoms with Crippen LogP contribution in [-0.2, 0) is 4.79 Å². The minimum absolute atomic E-state index is 0.0186. The van der Waals surface area contributed by atoms with Gasteiger partial charge >= 0.3 is 0 Å². The normalized spacial score (nSPS) is 10.0. The lowest BCUT2D eigenvalue weighted by molar-refractivity contribution is -0.116. The van der Waals surface area contributed by atoms with Crippen molar-refractivity contribution in [3.63, 3.8) is 0 Å². The van der Waals surface area contributed by atoms with Gasteiger partial charge in [-0.05, 0) is 37.1 Å². The number of unbranched alkanes of at least 4 members (excludes halogenated alkanes) is 1. The molecule has 0 aliphatic heterocycles. The molecule has 1 aromatic rings. The van der Waals surface area contributed by atoms with Crippen molar-refractivity contribution in [1.29, 1.82) is 0 Å². The first-order valence-corrected chi connectivity index (χ1v) is 6.85. The standard InChI is InChI=1S/C15H22N2O2/c1-3-5-6-14(18)17-13-9-7-12(8-10-13)15(19)16-11-4-2/h7-10H,3-6,11H2,1-2H3,(H,16,19)(H,17,18). The first kappa shape index (κ1) is 15.2. The van der Waals surface area contributed by atoms with Gasteiger partial charge in [-0.1, -0.05) is 20.3 Å².